The van der Waals surface area contributed by atoms with Crippen molar-refractivity contribution in [3.05, 3.63) is 40.8 Å². The average Bonchev–Trinajstić information content (AvgIpc) is 2.48. The maximum atomic E-state index is 4.57. The molecule has 2 aromatic rings. The van der Waals surface area contributed by atoms with Gasteiger partial charge in [-0.1, -0.05) is 0 Å². The van der Waals surface area contributed by atoms with Crippen LogP contribution >= 0.6 is 15.9 Å². The van der Waals surface area contributed by atoms with Gasteiger partial charge in [0.2, 0.25) is 5.95 Å². The largest absolute Gasteiger partial charge is 0.354 e. The fraction of sp³-hybridized carbons (Fsp3) is 0.357. The molecule has 2 aromatic heterocycles. The van der Waals surface area contributed by atoms with Crippen LogP contribution in [0.3, 0.4) is 0 Å². The molecule has 20 heavy (non-hydrogen) atoms. The van der Waals surface area contributed by atoms with Gasteiger partial charge in [0.15, 0.2) is 0 Å². The predicted octanol–water partition coefficient (Wildman–Crippen LogP) is 3.09. The van der Waals surface area contributed by atoms with Crippen molar-refractivity contribution in [2.24, 2.45) is 0 Å². The Hall–Kier alpha value is -1.69. The number of hydrogen-bond donors (Lipinski definition) is 1. The van der Waals surface area contributed by atoms with Crippen molar-refractivity contribution in [1.29, 1.82) is 0 Å². The molecule has 0 atom stereocenters. The number of halogens is 1. The highest BCUT2D eigenvalue weighted by Gasteiger charge is 2.12. The Morgan fingerprint density at radius 2 is 2.00 bits per heavy atom. The van der Waals surface area contributed by atoms with Crippen LogP contribution in [-0.4, -0.2) is 28.0 Å². The molecular weight excluding hydrogens is 318 g/mol. The molecule has 0 fully saturated rings. The molecule has 2 rings (SSSR count). The highest BCUT2D eigenvalue weighted by molar-refractivity contribution is 9.10. The van der Waals surface area contributed by atoms with E-state index in [4.69, 9.17) is 0 Å². The summed E-state index contributed by atoms with van der Waals surface area (Å²) in [7, 11) is 0. The molecule has 106 valence electrons. The third-order valence-electron chi connectivity index (χ3n) is 2.86. The van der Waals surface area contributed by atoms with Gasteiger partial charge in [-0.3, -0.25) is 4.98 Å². The predicted molar refractivity (Wildman–Crippen MR) is 84.9 cm³/mol. The first-order valence-electron chi connectivity index (χ1n) is 6.64. The Morgan fingerprint density at radius 3 is 2.65 bits per heavy atom. The number of hydrogen-bond acceptors (Lipinski definition) is 5. The van der Waals surface area contributed by atoms with Gasteiger partial charge in [0.25, 0.3) is 0 Å². The summed E-state index contributed by atoms with van der Waals surface area (Å²) in [6, 6.07) is 4.03. The second-order valence-corrected chi connectivity index (χ2v) is 5.12. The molecular formula is C14H18BrN5. The summed E-state index contributed by atoms with van der Waals surface area (Å²) in [6.45, 7) is 6.60. The second kappa shape index (κ2) is 7.19. The van der Waals surface area contributed by atoms with Gasteiger partial charge >= 0.3 is 0 Å². The number of anilines is 2. The van der Waals surface area contributed by atoms with Gasteiger partial charge in [-0.05, 0) is 47.5 Å². The zero-order chi connectivity index (χ0) is 14.4. The number of rotatable bonds is 6. The molecule has 0 aliphatic carbocycles. The summed E-state index contributed by atoms with van der Waals surface area (Å²) in [5.41, 5.74) is 1.21. The monoisotopic (exact) mass is 335 g/mol. The molecule has 0 aromatic carbocycles. The fourth-order valence-electron chi connectivity index (χ4n) is 1.87. The number of aromatic nitrogens is 3. The summed E-state index contributed by atoms with van der Waals surface area (Å²) >= 11 is 3.53. The van der Waals surface area contributed by atoms with Crippen LogP contribution in [0.15, 0.2) is 35.2 Å². The van der Waals surface area contributed by atoms with E-state index in [-0.39, 0.29) is 0 Å². The minimum absolute atomic E-state index is 0.652. The van der Waals surface area contributed by atoms with Crippen LogP contribution in [0.5, 0.6) is 0 Å². The van der Waals surface area contributed by atoms with E-state index in [2.05, 4.69) is 48.0 Å². The van der Waals surface area contributed by atoms with Gasteiger partial charge in [0.1, 0.15) is 5.82 Å². The Morgan fingerprint density at radius 1 is 1.25 bits per heavy atom. The van der Waals surface area contributed by atoms with Gasteiger partial charge < -0.3 is 10.2 Å². The standard InChI is InChI=1S/C14H18BrN5/c1-3-17-14-18-9-12(15)13(19-14)20(4-2)10-11-5-7-16-8-6-11/h5-9H,3-4,10H2,1-2H3,(H,17,18,19). The van der Waals surface area contributed by atoms with Gasteiger partial charge in [-0.15, -0.1) is 0 Å². The van der Waals surface area contributed by atoms with Crippen molar-refractivity contribution in [3.8, 4) is 0 Å². The lowest BCUT2D eigenvalue weighted by molar-refractivity contribution is 0.805. The van der Waals surface area contributed by atoms with E-state index in [1.165, 1.54) is 5.56 Å². The molecule has 0 radical (unpaired) electrons. The number of nitrogens with one attached hydrogen (secondary N) is 1. The topological polar surface area (TPSA) is 53.9 Å². The molecule has 0 saturated heterocycles. The van der Waals surface area contributed by atoms with Crippen LogP contribution in [0.1, 0.15) is 19.4 Å². The molecule has 0 aliphatic rings. The lowest BCUT2D eigenvalue weighted by Gasteiger charge is -2.23. The van der Waals surface area contributed by atoms with E-state index >= 15 is 0 Å². The Balaban J connectivity index is 2.24. The number of nitrogens with zero attached hydrogens (tertiary/aromatic N) is 4. The van der Waals surface area contributed by atoms with Crippen molar-refractivity contribution in [2.75, 3.05) is 23.3 Å². The lowest BCUT2D eigenvalue weighted by Crippen LogP contribution is -2.24. The Bertz CT molecular complexity index is 547. The van der Waals surface area contributed by atoms with E-state index in [0.717, 1.165) is 29.9 Å². The summed E-state index contributed by atoms with van der Waals surface area (Å²) in [5, 5.41) is 3.14. The van der Waals surface area contributed by atoms with Crippen LogP contribution in [0.4, 0.5) is 11.8 Å². The first-order chi connectivity index (χ1) is 9.74. The highest BCUT2D eigenvalue weighted by Crippen LogP contribution is 2.25. The van der Waals surface area contributed by atoms with Crippen molar-refractivity contribution in [1.82, 2.24) is 15.0 Å². The molecule has 0 saturated carbocycles. The van der Waals surface area contributed by atoms with Gasteiger partial charge in [-0.25, -0.2) is 4.98 Å². The van der Waals surface area contributed by atoms with Crippen LogP contribution in [0.25, 0.3) is 0 Å². The minimum atomic E-state index is 0.652. The third kappa shape index (κ3) is 3.66. The summed E-state index contributed by atoms with van der Waals surface area (Å²) in [5.74, 6) is 1.55. The maximum absolute atomic E-state index is 4.57. The molecule has 6 heteroatoms. The summed E-state index contributed by atoms with van der Waals surface area (Å²) in [6.07, 6.45) is 5.40. The zero-order valence-corrected chi connectivity index (χ0v) is 13.3. The molecule has 5 nitrogen and oxygen atoms in total. The molecule has 1 N–H and O–H groups in total. The zero-order valence-electron chi connectivity index (χ0n) is 11.7. The van der Waals surface area contributed by atoms with Gasteiger partial charge in [-0.2, -0.15) is 4.98 Å². The molecule has 0 unspecified atom stereocenters. The van der Waals surface area contributed by atoms with Crippen molar-refractivity contribution < 1.29 is 0 Å². The SMILES string of the molecule is CCNc1ncc(Br)c(N(CC)Cc2ccncc2)n1. The van der Waals surface area contributed by atoms with E-state index in [9.17, 15) is 0 Å². The van der Waals surface area contributed by atoms with Gasteiger partial charge in [0.05, 0.1) is 4.47 Å². The molecule has 0 amide bonds. The quantitative estimate of drug-likeness (QED) is 0.879. The molecule has 0 spiro atoms. The van der Waals surface area contributed by atoms with E-state index < -0.39 is 0 Å². The van der Waals surface area contributed by atoms with E-state index in [1.54, 1.807) is 6.20 Å². The van der Waals surface area contributed by atoms with E-state index in [1.807, 2.05) is 31.5 Å². The minimum Gasteiger partial charge on any atom is -0.354 e. The van der Waals surface area contributed by atoms with Crippen LogP contribution in [-0.2, 0) is 6.54 Å². The first-order valence-corrected chi connectivity index (χ1v) is 7.44. The van der Waals surface area contributed by atoms with Crippen molar-refractivity contribution >= 4 is 27.7 Å². The molecule has 2 heterocycles. The second-order valence-electron chi connectivity index (χ2n) is 4.27. The molecule has 0 aliphatic heterocycles. The summed E-state index contributed by atoms with van der Waals surface area (Å²) in [4.78, 5) is 15.1. The third-order valence-corrected chi connectivity index (χ3v) is 3.42. The fourth-order valence-corrected chi connectivity index (χ4v) is 2.31. The maximum Gasteiger partial charge on any atom is 0.224 e. The van der Waals surface area contributed by atoms with Gasteiger partial charge in [0, 0.05) is 38.2 Å². The van der Waals surface area contributed by atoms with Crippen molar-refractivity contribution in [2.45, 2.75) is 20.4 Å². The number of pyridine rings is 1. The summed E-state index contributed by atoms with van der Waals surface area (Å²) < 4.78 is 0.898. The van der Waals surface area contributed by atoms with E-state index in [0.29, 0.717) is 5.95 Å². The average molecular weight is 336 g/mol. The van der Waals surface area contributed by atoms with Crippen LogP contribution in [0, 0.1) is 0 Å². The smallest absolute Gasteiger partial charge is 0.224 e. The highest BCUT2D eigenvalue weighted by atomic mass is 79.9. The van der Waals surface area contributed by atoms with Crippen LogP contribution < -0.4 is 10.2 Å². The first kappa shape index (κ1) is 14.7. The van der Waals surface area contributed by atoms with Crippen LogP contribution in [0.2, 0.25) is 0 Å². The lowest BCUT2D eigenvalue weighted by atomic mass is 10.2. The normalized spacial score (nSPS) is 10.3. The Kier molecular flexibility index (Phi) is 5.29. The molecule has 0 bridgehead atoms. The Labute approximate surface area is 127 Å². The van der Waals surface area contributed by atoms with Crippen molar-refractivity contribution in [3.63, 3.8) is 0 Å².